The molecule has 0 saturated heterocycles. The van der Waals surface area contributed by atoms with Gasteiger partial charge in [-0.25, -0.2) is 0 Å². The highest BCUT2D eigenvalue weighted by Crippen LogP contribution is 2.23. The molecule has 0 saturated carbocycles. The van der Waals surface area contributed by atoms with Gasteiger partial charge in [0.2, 0.25) is 0 Å². The first-order valence-electron chi connectivity index (χ1n) is 6.96. The Kier molecular flexibility index (Phi) is 5.82. The van der Waals surface area contributed by atoms with Gasteiger partial charge in [0.25, 0.3) is 0 Å². The van der Waals surface area contributed by atoms with E-state index in [1.54, 1.807) is 0 Å². The summed E-state index contributed by atoms with van der Waals surface area (Å²) in [5.41, 5.74) is 8.32. The summed E-state index contributed by atoms with van der Waals surface area (Å²) < 4.78 is 1.97. The number of hydrogen-bond donors (Lipinski definition) is 1. The van der Waals surface area contributed by atoms with Gasteiger partial charge in [0.15, 0.2) is 0 Å². The fraction of sp³-hybridized carbons (Fsp3) is 0.786. The molecule has 0 aliphatic rings. The largest absolute Gasteiger partial charge is 0.360 e. The van der Waals surface area contributed by atoms with Crippen LogP contribution in [0.4, 0.5) is 5.82 Å². The third kappa shape index (κ3) is 4.51. The van der Waals surface area contributed by atoms with Gasteiger partial charge in [-0.05, 0) is 47.3 Å². The standard InChI is InChI=1S/C14H29N5/c1-11(15)10-13-12(2)16-19(6)14(13)18(5)9-7-8-17(3)4/h11H,7-10,15H2,1-6H3. The van der Waals surface area contributed by atoms with Crippen molar-refractivity contribution in [3.63, 3.8) is 0 Å². The van der Waals surface area contributed by atoms with Crippen LogP contribution < -0.4 is 10.6 Å². The van der Waals surface area contributed by atoms with Crippen molar-refractivity contribution in [2.24, 2.45) is 12.8 Å². The van der Waals surface area contributed by atoms with Crippen LogP contribution in [0.15, 0.2) is 0 Å². The Morgan fingerprint density at radius 1 is 1.26 bits per heavy atom. The van der Waals surface area contributed by atoms with E-state index in [2.05, 4.69) is 43.0 Å². The van der Waals surface area contributed by atoms with E-state index in [0.29, 0.717) is 0 Å². The Labute approximate surface area is 117 Å². The summed E-state index contributed by atoms with van der Waals surface area (Å²) in [6.07, 6.45) is 2.03. The molecule has 1 aromatic heterocycles. The zero-order valence-corrected chi connectivity index (χ0v) is 13.3. The number of aromatic nitrogens is 2. The van der Waals surface area contributed by atoms with Crippen LogP contribution in [0.1, 0.15) is 24.6 Å². The van der Waals surface area contributed by atoms with Gasteiger partial charge in [-0.2, -0.15) is 5.10 Å². The molecule has 0 spiro atoms. The minimum absolute atomic E-state index is 0.164. The van der Waals surface area contributed by atoms with E-state index >= 15 is 0 Å². The van der Waals surface area contributed by atoms with Crippen LogP contribution in [0.5, 0.6) is 0 Å². The highest BCUT2D eigenvalue weighted by atomic mass is 15.4. The first-order valence-corrected chi connectivity index (χ1v) is 6.96. The molecule has 1 atom stereocenters. The Hall–Kier alpha value is -1.07. The Balaban J connectivity index is 2.80. The molecule has 1 aromatic rings. The predicted molar refractivity (Wildman–Crippen MR) is 81.7 cm³/mol. The first-order chi connectivity index (χ1) is 8.82. The monoisotopic (exact) mass is 267 g/mol. The van der Waals surface area contributed by atoms with Crippen LogP contribution in [0.2, 0.25) is 0 Å². The molecule has 2 N–H and O–H groups in total. The highest BCUT2D eigenvalue weighted by Gasteiger charge is 2.17. The van der Waals surface area contributed by atoms with Gasteiger partial charge < -0.3 is 15.5 Å². The van der Waals surface area contributed by atoms with Gasteiger partial charge in [-0.1, -0.05) is 0 Å². The molecule has 0 amide bonds. The van der Waals surface area contributed by atoms with E-state index < -0.39 is 0 Å². The molecule has 0 aliphatic carbocycles. The first kappa shape index (κ1) is 16.0. The van der Waals surface area contributed by atoms with E-state index in [4.69, 9.17) is 5.73 Å². The molecule has 1 unspecified atom stereocenters. The average molecular weight is 267 g/mol. The molecule has 1 heterocycles. The minimum atomic E-state index is 0.164. The van der Waals surface area contributed by atoms with Crippen LogP contribution in [-0.2, 0) is 13.5 Å². The smallest absolute Gasteiger partial charge is 0.129 e. The van der Waals surface area contributed by atoms with Crippen LogP contribution >= 0.6 is 0 Å². The lowest BCUT2D eigenvalue weighted by Gasteiger charge is -2.22. The predicted octanol–water partition coefficient (Wildman–Crippen LogP) is 1.01. The summed E-state index contributed by atoms with van der Waals surface area (Å²) in [6, 6.07) is 0.164. The van der Waals surface area contributed by atoms with Crippen molar-refractivity contribution in [2.45, 2.75) is 32.7 Å². The number of rotatable bonds is 7. The van der Waals surface area contributed by atoms with E-state index in [0.717, 1.165) is 31.6 Å². The van der Waals surface area contributed by atoms with Gasteiger partial charge in [-0.3, -0.25) is 4.68 Å². The summed E-state index contributed by atoms with van der Waals surface area (Å²) in [5, 5.41) is 4.54. The molecule has 0 radical (unpaired) electrons. The molecule has 0 fully saturated rings. The molecule has 0 aromatic carbocycles. The maximum Gasteiger partial charge on any atom is 0.129 e. The Bertz CT molecular complexity index is 395. The van der Waals surface area contributed by atoms with Gasteiger partial charge in [-0.15, -0.1) is 0 Å². The zero-order chi connectivity index (χ0) is 14.6. The van der Waals surface area contributed by atoms with Gasteiger partial charge in [0.05, 0.1) is 5.69 Å². The second kappa shape index (κ2) is 6.91. The van der Waals surface area contributed by atoms with Crippen molar-refractivity contribution < 1.29 is 0 Å². The summed E-state index contributed by atoms with van der Waals surface area (Å²) in [6.45, 7) is 6.24. The Morgan fingerprint density at radius 3 is 2.42 bits per heavy atom. The summed E-state index contributed by atoms with van der Waals surface area (Å²) >= 11 is 0. The lowest BCUT2D eigenvalue weighted by molar-refractivity contribution is 0.401. The summed E-state index contributed by atoms with van der Waals surface area (Å²) in [5.74, 6) is 1.20. The normalized spacial score (nSPS) is 13.1. The SMILES string of the molecule is Cc1nn(C)c(N(C)CCCN(C)C)c1CC(C)N. The topological polar surface area (TPSA) is 50.3 Å². The molecule has 1 rings (SSSR count). The van der Waals surface area contributed by atoms with Crippen molar-refractivity contribution in [3.05, 3.63) is 11.3 Å². The van der Waals surface area contributed by atoms with Crippen molar-refractivity contribution >= 4 is 5.82 Å². The van der Waals surface area contributed by atoms with Gasteiger partial charge in [0.1, 0.15) is 5.82 Å². The quantitative estimate of drug-likeness (QED) is 0.801. The van der Waals surface area contributed by atoms with Gasteiger partial charge in [0, 0.05) is 32.2 Å². The Morgan fingerprint density at radius 2 is 1.89 bits per heavy atom. The maximum absolute atomic E-state index is 5.95. The number of anilines is 1. The summed E-state index contributed by atoms with van der Waals surface area (Å²) in [7, 11) is 8.36. The van der Waals surface area contributed by atoms with E-state index in [1.807, 2.05) is 18.7 Å². The van der Waals surface area contributed by atoms with Crippen LogP contribution in [-0.4, -0.2) is 55.0 Å². The molecule has 110 valence electrons. The third-order valence-electron chi connectivity index (χ3n) is 3.30. The fourth-order valence-corrected chi connectivity index (χ4v) is 2.46. The van der Waals surface area contributed by atoms with Crippen molar-refractivity contribution in [2.75, 3.05) is 39.1 Å². The molecule has 5 heteroatoms. The second-order valence-electron chi connectivity index (χ2n) is 5.77. The third-order valence-corrected chi connectivity index (χ3v) is 3.30. The lowest BCUT2D eigenvalue weighted by atomic mass is 10.1. The summed E-state index contributed by atoms with van der Waals surface area (Å²) in [4.78, 5) is 4.51. The van der Waals surface area contributed by atoms with E-state index in [1.165, 1.54) is 11.4 Å². The van der Waals surface area contributed by atoms with Crippen molar-refractivity contribution in [1.29, 1.82) is 0 Å². The number of nitrogens with zero attached hydrogens (tertiary/aromatic N) is 4. The highest BCUT2D eigenvalue weighted by molar-refractivity contribution is 5.50. The van der Waals surface area contributed by atoms with Crippen molar-refractivity contribution in [3.8, 4) is 0 Å². The second-order valence-corrected chi connectivity index (χ2v) is 5.77. The molecule has 5 nitrogen and oxygen atoms in total. The van der Waals surface area contributed by atoms with Crippen LogP contribution in [0.3, 0.4) is 0 Å². The van der Waals surface area contributed by atoms with Crippen molar-refractivity contribution in [1.82, 2.24) is 14.7 Å². The van der Waals surface area contributed by atoms with Crippen LogP contribution in [0, 0.1) is 6.92 Å². The maximum atomic E-state index is 5.95. The molecule has 0 bridgehead atoms. The average Bonchev–Trinajstić information content (AvgIpc) is 2.52. The molecular weight excluding hydrogens is 238 g/mol. The molecular formula is C14H29N5. The van der Waals surface area contributed by atoms with E-state index in [-0.39, 0.29) is 6.04 Å². The fourth-order valence-electron chi connectivity index (χ4n) is 2.46. The number of nitrogens with two attached hydrogens (primary N) is 1. The minimum Gasteiger partial charge on any atom is -0.360 e. The van der Waals surface area contributed by atoms with Gasteiger partial charge >= 0.3 is 0 Å². The molecule has 0 aliphatic heterocycles. The van der Waals surface area contributed by atoms with Crippen LogP contribution in [0.25, 0.3) is 0 Å². The number of aryl methyl sites for hydroxylation is 2. The number of hydrogen-bond acceptors (Lipinski definition) is 4. The lowest BCUT2D eigenvalue weighted by Crippen LogP contribution is -2.27. The van der Waals surface area contributed by atoms with E-state index in [9.17, 15) is 0 Å². The zero-order valence-electron chi connectivity index (χ0n) is 13.3. The molecule has 19 heavy (non-hydrogen) atoms.